The molecule has 0 saturated carbocycles. The van der Waals surface area contributed by atoms with Gasteiger partial charge in [-0.15, -0.1) is 0 Å². The molecule has 1 aliphatic heterocycles. The van der Waals surface area contributed by atoms with Crippen LogP contribution in [0.2, 0.25) is 0 Å². The second-order valence-electron chi connectivity index (χ2n) is 7.45. The highest BCUT2D eigenvalue weighted by Gasteiger charge is 2.41. The lowest BCUT2D eigenvalue weighted by atomic mass is 9.97. The number of methoxy groups -OCH3 is 1. The molecule has 1 fully saturated rings. The SMILES string of the molecule is COCCN1C(=S)N[C@H](c2ccccn2)[C@@H]1c1cc(C)n(-c2ccc(Br)cc2)c1C. The number of hydrogen-bond donors (Lipinski definition) is 1. The Morgan fingerprint density at radius 2 is 1.93 bits per heavy atom. The molecule has 1 N–H and O–H groups in total. The third-order valence-corrected chi connectivity index (χ3v) is 6.49. The van der Waals surface area contributed by atoms with Crippen molar-refractivity contribution in [2.45, 2.75) is 25.9 Å². The number of nitrogens with one attached hydrogen (secondary N) is 1. The first-order valence-electron chi connectivity index (χ1n) is 9.93. The Bertz CT molecular complexity index is 1040. The Labute approximate surface area is 191 Å². The molecule has 2 aromatic heterocycles. The fourth-order valence-corrected chi connectivity index (χ4v) is 4.85. The van der Waals surface area contributed by atoms with Gasteiger partial charge in [-0.1, -0.05) is 22.0 Å². The van der Waals surface area contributed by atoms with E-state index in [-0.39, 0.29) is 12.1 Å². The summed E-state index contributed by atoms with van der Waals surface area (Å²) in [6.07, 6.45) is 1.83. The summed E-state index contributed by atoms with van der Waals surface area (Å²) in [6, 6.07) is 16.7. The van der Waals surface area contributed by atoms with Crippen LogP contribution in [-0.2, 0) is 4.74 Å². The first kappa shape index (κ1) is 21.0. The minimum Gasteiger partial charge on any atom is -0.383 e. The Morgan fingerprint density at radius 1 is 1.17 bits per heavy atom. The van der Waals surface area contributed by atoms with Gasteiger partial charge < -0.3 is 19.5 Å². The molecule has 1 aliphatic rings. The standard InChI is InChI=1S/C23H25BrN4OS/c1-15-14-19(16(2)28(15)18-9-7-17(24)8-10-18)22-21(20-6-4-5-11-25-20)26-23(30)27(22)12-13-29-3/h4-11,14,21-22H,12-13H2,1-3H3,(H,26,30)/t21-,22+/m1/s1. The van der Waals surface area contributed by atoms with Gasteiger partial charge in [0, 0.05) is 41.4 Å². The maximum Gasteiger partial charge on any atom is 0.170 e. The van der Waals surface area contributed by atoms with E-state index < -0.39 is 0 Å². The molecule has 1 saturated heterocycles. The quantitative estimate of drug-likeness (QED) is 0.505. The van der Waals surface area contributed by atoms with Crippen LogP contribution >= 0.6 is 28.1 Å². The van der Waals surface area contributed by atoms with E-state index in [1.54, 1.807) is 7.11 Å². The number of hydrogen-bond acceptors (Lipinski definition) is 3. The molecule has 2 atom stereocenters. The van der Waals surface area contributed by atoms with Gasteiger partial charge in [-0.3, -0.25) is 4.98 Å². The maximum atomic E-state index is 5.72. The number of aryl methyl sites for hydroxylation is 1. The predicted molar refractivity (Wildman–Crippen MR) is 127 cm³/mol. The number of halogens is 1. The zero-order valence-electron chi connectivity index (χ0n) is 17.3. The Hall–Kier alpha value is -2.22. The van der Waals surface area contributed by atoms with Crippen molar-refractivity contribution in [1.29, 1.82) is 0 Å². The molecule has 5 nitrogen and oxygen atoms in total. The molecule has 1 aromatic carbocycles. The molecular weight excluding hydrogens is 460 g/mol. The van der Waals surface area contributed by atoms with E-state index in [2.05, 4.69) is 85.9 Å². The van der Waals surface area contributed by atoms with Gasteiger partial charge in [-0.25, -0.2) is 0 Å². The summed E-state index contributed by atoms with van der Waals surface area (Å²) in [4.78, 5) is 6.85. The summed E-state index contributed by atoms with van der Waals surface area (Å²) >= 11 is 9.25. The lowest BCUT2D eigenvalue weighted by molar-refractivity contribution is 0.164. The number of aromatic nitrogens is 2. The molecule has 4 rings (SSSR count). The number of ether oxygens (including phenoxy) is 1. The average molecular weight is 485 g/mol. The van der Waals surface area contributed by atoms with E-state index >= 15 is 0 Å². The van der Waals surface area contributed by atoms with Gasteiger partial charge in [0.2, 0.25) is 0 Å². The van der Waals surface area contributed by atoms with Gasteiger partial charge in [0.25, 0.3) is 0 Å². The molecule has 0 amide bonds. The van der Waals surface area contributed by atoms with Gasteiger partial charge in [-0.2, -0.15) is 0 Å². The zero-order chi connectivity index (χ0) is 21.3. The second-order valence-corrected chi connectivity index (χ2v) is 8.75. The molecule has 0 radical (unpaired) electrons. The van der Waals surface area contributed by atoms with Gasteiger partial charge in [-0.05, 0) is 74.1 Å². The van der Waals surface area contributed by atoms with Crippen molar-refractivity contribution in [2.75, 3.05) is 20.3 Å². The molecule has 156 valence electrons. The molecule has 0 spiro atoms. The van der Waals surface area contributed by atoms with Crippen LogP contribution in [0.15, 0.2) is 59.2 Å². The number of benzene rings is 1. The van der Waals surface area contributed by atoms with Crippen LogP contribution in [0.3, 0.4) is 0 Å². The van der Waals surface area contributed by atoms with Gasteiger partial charge in [0.15, 0.2) is 5.11 Å². The van der Waals surface area contributed by atoms with Crippen LogP contribution in [0.1, 0.15) is 34.7 Å². The monoisotopic (exact) mass is 484 g/mol. The van der Waals surface area contributed by atoms with Gasteiger partial charge >= 0.3 is 0 Å². The van der Waals surface area contributed by atoms with Crippen LogP contribution in [0.4, 0.5) is 0 Å². The largest absolute Gasteiger partial charge is 0.383 e. The first-order chi connectivity index (χ1) is 14.5. The zero-order valence-corrected chi connectivity index (χ0v) is 19.7. The summed E-state index contributed by atoms with van der Waals surface area (Å²) < 4.78 is 8.73. The first-order valence-corrected chi connectivity index (χ1v) is 11.1. The predicted octanol–water partition coefficient (Wildman–Crippen LogP) is 4.87. The van der Waals surface area contributed by atoms with Crippen molar-refractivity contribution in [3.05, 3.63) is 81.8 Å². The summed E-state index contributed by atoms with van der Waals surface area (Å²) in [5, 5.41) is 4.24. The van der Waals surface area contributed by atoms with Crippen molar-refractivity contribution < 1.29 is 4.74 Å². The number of nitrogens with zero attached hydrogens (tertiary/aromatic N) is 3. The third kappa shape index (κ3) is 3.89. The average Bonchev–Trinajstić information content (AvgIpc) is 3.23. The number of rotatable bonds is 6. The van der Waals surface area contributed by atoms with Crippen LogP contribution < -0.4 is 5.32 Å². The van der Waals surface area contributed by atoms with Crippen molar-refractivity contribution >= 4 is 33.3 Å². The highest BCUT2D eigenvalue weighted by Crippen LogP contribution is 2.41. The fourth-order valence-electron chi connectivity index (χ4n) is 4.25. The van der Waals surface area contributed by atoms with Gasteiger partial charge in [0.05, 0.1) is 24.4 Å². The summed E-state index contributed by atoms with van der Waals surface area (Å²) in [5.74, 6) is 0. The topological polar surface area (TPSA) is 42.3 Å². The van der Waals surface area contributed by atoms with E-state index in [4.69, 9.17) is 17.0 Å². The molecule has 7 heteroatoms. The van der Waals surface area contributed by atoms with Crippen molar-refractivity contribution in [2.24, 2.45) is 0 Å². The molecule has 0 unspecified atom stereocenters. The molecule has 0 bridgehead atoms. The van der Waals surface area contributed by atoms with Crippen molar-refractivity contribution in [1.82, 2.24) is 19.8 Å². The van der Waals surface area contributed by atoms with Crippen LogP contribution in [0.5, 0.6) is 0 Å². The van der Waals surface area contributed by atoms with Crippen LogP contribution in [-0.4, -0.2) is 39.8 Å². The summed E-state index contributed by atoms with van der Waals surface area (Å²) in [7, 11) is 1.72. The number of pyridine rings is 1. The van der Waals surface area contributed by atoms with E-state index in [0.717, 1.165) is 27.5 Å². The normalized spacial score (nSPS) is 18.7. The fraction of sp³-hybridized carbons (Fsp3) is 0.304. The van der Waals surface area contributed by atoms with Crippen molar-refractivity contribution in [3.63, 3.8) is 0 Å². The Balaban J connectivity index is 1.81. The second kappa shape index (κ2) is 8.88. The van der Waals surface area contributed by atoms with E-state index in [1.165, 1.54) is 17.0 Å². The smallest absolute Gasteiger partial charge is 0.170 e. The molecule has 30 heavy (non-hydrogen) atoms. The minimum atomic E-state index is -0.0191. The highest BCUT2D eigenvalue weighted by atomic mass is 79.9. The Kier molecular flexibility index (Phi) is 6.22. The van der Waals surface area contributed by atoms with E-state index in [0.29, 0.717) is 6.61 Å². The summed E-state index contributed by atoms with van der Waals surface area (Å²) in [6.45, 7) is 5.65. The van der Waals surface area contributed by atoms with E-state index in [9.17, 15) is 0 Å². The molecule has 0 aliphatic carbocycles. The lowest BCUT2D eigenvalue weighted by Gasteiger charge is -2.28. The van der Waals surface area contributed by atoms with Gasteiger partial charge in [0.1, 0.15) is 0 Å². The van der Waals surface area contributed by atoms with Crippen LogP contribution in [0.25, 0.3) is 5.69 Å². The van der Waals surface area contributed by atoms with E-state index in [1.807, 2.05) is 18.3 Å². The molecule has 3 aromatic rings. The van der Waals surface area contributed by atoms with Crippen molar-refractivity contribution in [3.8, 4) is 5.69 Å². The minimum absolute atomic E-state index is 0.0191. The highest BCUT2D eigenvalue weighted by molar-refractivity contribution is 9.10. The lowest BCUT2D eigenvalue weighted by Crippen LogP contribution is -2.32. The van der Waals surface area contributed by atoms with Crippen LogP contribution in [0, 0.1) is 13.8 Å². The summed E-state index contributed by atoms with van der Waals surface area (Å²) in [5.41, 5.74) is 5.77. The third-order valence-electron chi connectivity index (χ3n) is 5.61. The maximum absolute atomic E-state index is 5.72. The molecule has 3 heterocycles. The molecular formula is C23H25BrN4OS. The Morgan fingerprint density at radius 3 is 2.60 bits per heavy atom. The number of thiocarbonyl (C=S) groups is 1.